The van der Waals surface area contributed by atoms with E-state index in [1.165, 1.54) is 11.1 Å². The Morgan fingerprint density at radius 2 is 1.37 bits per heavy atom. The van der Waals surface area contributed by atoms with Crippen LogP contribution in [0.15, 0.2) is 182 Å². The fourth-order valence-corrected chi connectivity index (χ4v) is 5.94. The summed E-state index contributed by atoms with van der Waals surface area (Å²) in [4.78, 5) is 3.39. The lowest BCUT2D eigenvalue weighted by Crippen LogP contribution is -2.20. The number of allylic oxidation sites excluding steroid dienone is 2. The van der Waals surface area contributed by atoms with Crippen molar-refractivity contribution in [3.05, 3.63) is 193 Å². The van der Waals surface area contributed by atoms with Crippen LogP contribution in [0.2, 0.25) is 0 Å². The molecule has 0 saturated carbocycles. The van der Waals surface area contributed by atoms with Gasteiger partial charge in [-0.3, -0.25) is 0 Å². The van der Waals surface area contributed by atoms with E-state index in [0.29, 0.717) is 5.70 Å². The quantitative estimate of drug-likeness (QED) is 0.147. The smallest absolute Gasteiger partial charge is 0.143 e. The van der Waals surface area contributed by atoms with Gasteiger partial charge in [-0.1, -0.05) is 154 Å². The first-order valence-corrected chi connectivity index (χ1v) is 17.4. The summed E-state index contributed by atoms with van der Waals surface area (Å²) in [6.45, 7) is 13.4. The Morgan fingerprint density at radius 1 is 0.712 bits per heavy atom. The number of benzene rings is 6. The van der Waals surface area contributed by atoms with Gasteiger partial charge in [-0.2, -0.15) is 0 Å². The third-order valence-electron chi connectivity index (χ3n) is 8.72. The van der Waals surface area contributed by atoms with Crippen LogP contribution in [0.25, 0.3) is 73.4 Å². The van der Waals surface area contributed by atoms with E-state index in [4.69, 9.17) is 10.2 Å². The number of nitrogens with two attached hydrogens (primary N) is 1. The molecule has 0 atom stereocenters. The van der Waals surface area contributed by atoms with Gasteiger partial charge in [0.05, 0.1) is 5.70 Å². The van der Waals surface area contributed by atoms with Crippen molar-refractivity contribution in [3.63, 3.8) is 0 Å². The number of aromatic nitrogens is 1. The highest BCUT2D eigenvalue weighted by Crippen LogP contribution is 2.35. The van der Waals surface area contributed by atoms with Crippen LogP contribution in [0.1, 0.15) is 18.9 Å². The maximum Gasteiger partial charge on any atom is 0.143 e. The normalized spacial score (nSPS) is 11.4. The van der Waals surface area contributed by atoms with Crippen LogP contribution in [0.4, 0.5) is 5.69 Å². The molecule has 4 heteroatoms. The molecule has 0 saturated heterocycles. The third-order valence-corrected chi connectivity index (χ3v) is 8.72. The molecule has 0 amide bonds. The average molecular weight is 678 g/mol. The first kappa shape index (κ1) is 35.1. The Hall–Kier alpha value is -6.78. The van der Waals surface area contributed by atoms with Gasteiger partial charge in [0.25, 0.3) is 0 Å². The second-order valence-corrected chi connectivity index (χ2v) is 12.2. The predicted molar refractivity (Wildman–Crippen MR) is 225 cm³/mol. The van der Waals surface area contributed by atoms with Gasteiger partial charge in [0.15, 0.2) is 0 Å². The lowest BCUT2D eigenvalue weighted by Gasteiger charge is -2.07. The van der Waals surface area contributed by atoms with Crippen molar-refractivity contribution in [1.29, 1.82) is 0 Å². The van der Waals surface area contributed by atoms with E-state index < -0.39 is 0 Å². The molecule has 8 rings (SSSR count). The number of fused-ring (bicyclic) bond motifs is 4. The van der Waals surface area contributed by atoms with E-state index in [-0.39, 0.29) is 0 Å². The Morgan fingerprint density at radius 3 is 2.08 bits per heavy atom. The van der Waals surface area contributed by atoms with Crippen LogP contribution < -0.4 is 21.6 Å². The van der Waals surface area contributed by atoms with Gasteiger partial charge in [0.2, 0.25) is 0 Å². The number of aromatic amines is 1. The molecule has 0 radical (unpaired) electrons. The SMILES string of the molecule is C=C/C=c1/[nH]c2cc(-c3ccccc3)ccc2c1=C.C=CCC.N/C(=C\Nc1ccccc1)c1ccc(-c2cccc3c2oc2ccccc23)cc1. The predicted octanol–water partition coefficient (Wildman–Crippen LogP) is 11.4. The van der Waals surface area contributed by atoms with Crippen molar-refractivity contribution in [3.8, 4) is 22.3 Å². The molecule has 52 heavy (non-hydrogen) atoms. The summed E-state index contributed by atoms with van der Waals surface area (Å²) >= 11 is 0. The minimum absolute atomic E-state index is 0.683. The lowest BCUT2D eigenvalue weighted by atomic mass is 10.0. The van der Waals surface area contributed by atoms with E-state index in [9.17, 15) is 0 Å². The molecule has 0 fully saturated rings. The lowest BCUT2D eigenvalue weighted by molar-refractivity contribution is 0.670. The standard InChI is InChI=1S/C26H20N2O.C18H15N.C4H8/c27-24(17-28-20-7-2-1-3-8-20)19-15-13-18(14-16-19)21-10-6-11-23-22-9-4-5-12-25(22)29-26(21)23;1-3-7-17-13(2)16-11-10-15(12-18(16)19-17)14-8-5-4-6-9-14;1-3-4-2/h1-17,28H,27H2;3-12,19H,1-2H2;3H,1,4H2,2H3/b24-17-;17-7+;. The van der Waals surface area contributed by atoms with Crippen molar-refractivity contribution >= 4 is 56.9 Å². The number of anilines is 1. The largest absolute Gasteiger partial charge is 0.455 e. The first-order valence-electron chi connectivity index (χ1n) is 17.4. The van der Waals surface area contributed by atoms with E-state index in [1.807, 2.05) is 85.1 Å². The van der Waals surface area contributed by atoms with Gasteiger partial charge in [-0.25, -0.2) is 0 Å². The number of para-hydroxylation sites is 3. The molecule has 6 aromatic carbocycles. The maximum absolute atomic E-state index is 6.25. The summed E-state index contributed by atoms with van der Waals surface area (Å²) < 4.78 is 6.16. The van der Waals surface area contributed by atoms with Gasteiger partial charge >= 0.3 is 0 Å². The maximum atomic E-state index is 6.25. The van der Waals surface area contributed by atoms with E-state index in [1.54, 1.807) is 6.08 Å². The molecule has 0 spiro atoms. The first-order chi connectivity index (χ1) is 25.5. The van der Waals surface area contributed by atoms with Crippen molar-refractivity contribution in [2.45, 2.75) is 13.3 Å². The van der Waals surface area contributed by atoms with Crippen molar-refractivity contribution in [2.75, 3.05) is 5.32 Å². The summed E-state index contributed by atoms with van der Waals surface area (Å²) in [5, 5.41) is 8.70. The Bertz CT molecular complexity index is 2580. The number of furan rings is 1. The van der Waals surface area contributed by atoms with Crippen LogP contribution >= 0.6 is 0 Å². The highest BCUT2D eigenvalue weighted by atomic mass is 16.3. The zero-order valence-corrected chi connectivity index (χ0v) is 29.5. The van der Waals surface area contributed by atoms with Crippen LogP contribution in [0.3, 0.4) is 0 Å². The van der Waals surface area contributed by atoms with Gasteiger partial charge in [0.1, 0.15) is 11.2 Å². The summed E-state index contributed by atoms with van der Waals surface area (Å²) in [5.41, 5.74) is 16.4. The van der Waals surface area contributed by atoms with Crippen LogP contribution in [0.5, 0.6) is 0 Å². The van der Waals surface area contributed by atoms with Gasteiger partial charge < -0.3 is 20.5 Å². The number of nitrogens with one attached hydrogen (secondary N) is 2. The summed E-state index contributed by atoms with van der Waals surface area (Å²) in [5.74, 6) is 0. The number of hydrogen-bond donors (Lipinski definition) is 3. The molecule has 0 bridgehead atoms. The fourth-order valence-electron chi connectivity index (χ4n) is 5.94. The molecule has 0 aliphatic heterocycles. The molecule has 0 aliphatic rings. The van der Waals surface area contributed by atoms with Crippen molar-refractivity contribution in [1.82, 2.24) is 4.98 Å². The minimum atomic E-state index is 0.683. The number of hydrogen-bond acceptors (Lipinski definition) is 3. The average Bonchev–Trinajstić information content (AvgIpc) is 3.74. The molecule has 0 aliphatic carbocycles. The molecular formula is C48H43N3O. The Balaban J connectivity index is 0.000000174. The molecule has 8 aromatic rings. The highest BCUT2D eigenvalue weighted by molar-refractivity contribution is 6.09. The van der Waals surface area contributed by atoms with Crippen molar-refractivity contribution < 1.29 is 4.42 Å². The second-order valence-electron chi connectivity index (χ2n) is 12.2. The molecule has 0 unspecified atom stereocenters. The molecule has 256 valence electrons. The van der Waals surface area contributed by atoms with Gasteiger partial charge in [-0.15, -0.1) is 6.58 Å². The summed E-state index contributed by atoms with van der Waals surface area (Å²) in [7, 11) is 0. The van der Waals surface area contributed by atoms with E-state index in [0.717, 1.165) is 72.2 Å². The third kappa shape index (κ3) is 7.99. The fraction of sp³-hybridized carbons (Fsp3) is 0.0417. The van der Waals surface area contributed by atoms with Crippen molar-refractivity contribution in [2.24, 2.45) is 5.73 Å². The minimum Gasteiger partial charge on any atom is -0.455 e. The molecule has 2 heterocycles. The highest BCUT2D eigenvalue weighted by Gasteiger charge is 2.12. The van der Waals surface area contributed by atoms with Crippen LogP contribution in [0, 0.1) is 0 Å². The van der Waals surface area contributed by atoms with Gasteiger partial charge in [0, 0.05) is 49.7 Å². The van der Waals surface area contributed by atoms with Crippen LogP contribution in [-0.4, -0.2) is 4.98 Å². The number of rotatable bonds is 7. The second kappa shape index (κ2) is 16.8. The Labute approximate surface area is 305 Å². The van der Waals surface area contributed by atoms with Gasteiger partial charge in [-0.05, 0) is 59.0 Å². The zero-order valence-electron chi connectivity index (χ0n) is 29.5. The molecular weight excluding hydrogens is 635 g/mol. The summed E-state index contributed by atoms with van der Waals surface area (Å²) in [6, 6.07) is 49.4. The Kier molecular flexibility index (Phi) is 11.3. The monoisotopic (exact) mass is 677 g/mol. The number of H-pyrrole nitrogens is 1. The molecule has 4 nitrogen and oxygen atoms in total. The zero-order chi connectivity index (χ0) is 36.3. The van der Waals surface area contributed by atoms with E-state index >= 15 is 0 Å². The molecule has 4 N–H and O–H groups in total. The topological polar surface area (TPSA) is 67.0 Å². The summed E-state index contributed by atoms with van der Waals surface area (Å²) in [6.07, 6.45) is 8.51. The van der Waals surface area contributed by atoms with Crippen LogP contribution in [-0.2, 0) is 0 Å². The van der Waals surface area contributed by atoms with E-state index in [2.05, 4.69) is 116 Å². The molecule has 2 aromatic heterocycles.